The molecule has 1 aliphatic heterocycles. The summed E-state index contributed by atoms with van der Waals surface area (Å²) in [6, 6.07) is 9.56. The van der Waals surface area contributed by atoms with Gasteiger partial charge in [0.15, 0.2) is 8.29 Å². The van der Waals surface area contributed by atoms with Gasteiger partial charge >= 0.3 is 6.09 Å². The van der Waals surface area contributed by atoms with Gasteiger partial charge in [-0.25, -0.2) is 14.4 Å². The van der Waals surface area contributed by atoms with Gasteiger partial charge in [0.25, 0.3) is 0 Å². The van der Waals surface area contributed by atoms with Crippen LogP contribution in [0.5, 0.6) is 0 Å². The predicted molar refractivity (Wildman–Crippen MR) is 86.1 cm³/mol. The van der Waals surface area contributed by atoms with Crippen LogP contribution in [0.4, 0.5) is 4.79 Å². The topological polar surface area (TPSA) is 64.4 Å². The highest BCUT2D eigenvalue weighted by Crippen LogP contribution is 2.24. The van der Waals surface area contributed by atoms with Gasteiger partial charge in [-0.2, -0.15) is 0 Å². The van der Waals surface area contributed by atoms with Crippen molar-refractivity contribution < 1.29 is 14.3 Å². The zero-order valence-corrected chi connectivity index (χ0v) is 13.7. The lowest BCUT2D eigenvalue weighted by Gasteiger charge is -2.08. The van der Waals surface area contributed by atoms with Crippen LogP contribution in [0.3, 0.4) is 0 Å². The number of benzene rings is 1. The van der Waals surface area contributed by atoms with Gasteiger partial charge in [-0.15, -0.1) is 5.10 Å². The van der Waals surface area contributed by atoms with E-state index in [1.54, 1.807) is 4.68 Å². The minimum absolute atomic E-state index is 0.131. The molecule has 9 heteroatoms. The number of amides is 2. The largest absolute Gasteiger partial charge is 0.447 e. The molecule has 0 N–H and O–H groups in total. The molecule has 6 nitrogen and oxygen atoms in total. The molecule has 0 spiro atoms. The van der Waals surface area contributed by atoms with E-state index in [0.29, 0.717) is 14.8 Å². The Bertz CT molecular complexity index is 757. The van der Waals surface area contributed by atoms with Crippen LogP contribution in [-0.4, -0.2) is 45.6 Å². The first-order valence-electron chi connectivity index (χ1n) is 6.40. The predicted octanol–water partition coefficient (Wildman–Crippen LogP) is 2.73. The van der Waals surface area contributed by atoms with Crippen molar-refractivity contribution in [3.05, 3.63) is 34.3 Å². The van der Waals surface area contributed by atoms with E-state index >= 15 is 0 Å². The standard InChI is InChI=1S/C13H11N3O3S3/c17-10(15-6-7-19-12(15)18)8-21-11-14-16(13(20)22-11)9-4-2-1-3-5-9/h1-5H,6-8H2. The van der Waals surface area contributed by atoms with E-state index in [1.165, 1.54) is 23.1 Å². The van der Waals surface area contributed by atoms with Crippen LogP contribution >= 0.6 is 35.3 Å². The first-order chi connectivity index (χ1) is 10.6. The van der Waals surface area contributed by atoms with Gasteiger partial charge in [-0.1, -0.05) is 41.3 Å². The lowest BCUT2D eigenvalue weighted by atomic mass is 10.3. The molecule has 2 aromatic rings. The van der Waals surface area contributed by atoms with Crippen LogP contribution in [0.2, 0.25) is 0 Å². The molecule has 0 radical (unpaired) electrons. The van der Waals surface area contributed by atoms with Crippen LogP contribution in [0.1, 0.15) is 0 Å². The van der Waals surface area contributed by atoms with Crippen molar-refractivity contribution in [3.8, 4) is 5.69 Å². The molecule has 114 valence electrons. The van der Waals surface area contributed by atoms with Gasteiger partial charge in [0.05, 0.1) is 18.0 Å². The summed E-state index contributed by atoms with van der Waals surface area (Å²) in [5, 5.41) is 4.40. The van der Waals surface area contributed by atoms with Gasteiger partial charge < -0.3 is 4.74 Å². The second kappa shape index (κ2) is 6.59. The number of ether oxygens (including phenoxy) is 1. The van der Waals surface area contributed by atoms with Crippen LogP contribution in [0.15, 0.2) is 34.7 Å². The van der Waals surface area contributed by atoms with E-state index in [2.05, 4.69) is 5.10 Å². The number of hydrogen-bond donors (Lipinski definition) is 0. The zero-order chi connectivity index (χ0) is 15.5. The Morgan fingerprint density at radius 3 is 2.86 bits per heavy atom. The second-order valence-electron chi connectivity index (χ2n) is 4.33. The number of carbonyl (C=O) groups is 2. The molecule has 0 atom stereocenters. The van der Waals surface area contributed by atoms with Crippen LogP contribution in [-0.2, 0) is 9.53 Å². The third kappa shape index (κ3) is 3.21. The summed E-state index contributed by atoms with van der Waals surface area (Å²) in [7, 11) is 0. The second-order valence-corrected chi connectivity index (χ2v) is 7.17. The van der Waals surface area contributed by atoms with Crippen molar-refractivity contribution in [1.29, 1.82) is 0 Å². The van der Waals surface area contributed by atoms with Crippen LogP contribution in [0, 0.1) is 3.95 Å². The Morgan fingerprint density at radius 2 is 2.18 bits per heavy atom. The highest BCUT2D eigenvalue weighted by atomic mass is 32.2. The summed E-state index contributed by atoms with van der Waals surface area (Å²) in [6.45, 7) is 0.573. The summed E-state index contributed by atoms with van der Waals surface area (Å²) in [5.74, 6) is -0.147. The average molecular weight is 353 g/mol. The summed E-state index contributed by atoms with van der Waals surface area (Å²) < 4.78 is 7.71. The van der Waals surface area contributed by atoms with Gasteiger partial charge in [0.1, 0.15) is 6.61 Å². The molecule has 1 aliphatic rings. The number of para-hydroxylation sites is 1. The maximum absolute atomic E-state index is 11.9. The quantitative estimate of drug-likeness (QED) is 0.622. The third-order valence-corrected chi connectivity index (χ3v) is 5.26. The Hall–Kier alpha value is -1.71. The van der Waals surface area contributed by atoms with E-state index in [1.807, 2.05) is 30.3 Å². The van der Waals surface area contributed by atoms with Gasteiger partial charge in [0.2, 0.25) is 5.91 Å². The molecule has 1 fully saturated rings. The van der Waals surface area contributed by atoms with Crippen molar-refractivity contribution >= 4 is 47.3 Å². The summed E-state index contributed by atoms with van der Waals surface area (Å²) in [4.78, 5) is 24.4. The molecule has 1 aromatic carbocycles. The Kier molecular flexibility index (Phi) is 4.55. The van der Waals surface area contributed by atoms with Crippen molar-refractivity contribution in [1.82, 2.24) is 14.7 Å². The molecule has 2 heterocycles. The molecular weight excluding hydrogens is 342 g/mol. The number of thioether (sulfide) groups is 1. The number of imide groups is 1. The SMILES string of the molecule is O=C(CSc1nn(-c2ccccc2)c(=S)s1)N1CCOC1=O. The first-order valence-corrected chi connectivity index (χ1v) is 8.62. The molecule has 1 aromatic heterocycles. The Balaban J connectivity index is 1.68. The Morgan fingerprint density at radius 1 is 1.41 bits per heavy atom. The van der Waals surface area contributed by atoms with E-state index < -0.39 is 6.09 Å². The monoisotopic (exact) mass is 353 g/mol. The summed E-state index contributed by atoms with van der Waals surface area (Å²) in [6.07, 6.45) is -0.576. The van der Waals surface area contributed by atoms with Crippen molar-refractivity contribution in [2.24, 2.45) is 0 Å². The highest BCUT2D eigenvalue weighted by Gasteiger charge is 2.28. The number of carbonyl (C=O) groups excluding carboxylic acids is 2. The van der Waals surface area contributed by atoms with E-state index in [9.17, 15) is 9.59 Å². The van der Waals surface area contributed by atoms with Crippen LogP contribution in [0.25, 0.3) is 5.69 Å². The van der Waals surface area contributed by atoms with Gasteiger partial charge in [-0.3, -0.25) is 4.79 Å². The average Bonchev–Trinajstić information content (AvgIpc) is 3.11. The van der Waals surface area contributed by atoms with Crippen molar-refractivity contribution in [2.45, 2.75) is 4.34 Å². The molecule has 0 saturated carbocycles. The molecule has 0 bridgehead atoms. The third-order valence-electron chi connectivity index (χ3n) is 2.91. The molecule has 0 aliphatic carbocycles. The summed E-state index contributed by atoms with van der Waals surface area (Å²) in [5.41, 5.74) is 0.880. The number of aromatic nitrogens is 2. The molecule has 1 saturated heterocycles. The number of hydrogen-bond acceptors (Lipinski definition) is 7. The van der Waals surface area contributed by atoms with Crippen molar-refractivity contribution in [3.63, 3.8) is 0 Å². The van der Waals surface area contributed by atoms with Crippen LogP contribution < -0.4 is 0 Å². The fourth-order valence-electron chi connectivity index (χ4n) is 1.87. The molecular formula is C13H11N3O3S3. The zero-order valence-electron chi connectivity index (χ0n) is 11.3. The minimum atomic E-state index is -0.576. The van der Waals surface area contributed by atoms with Gasteiger partial charge in [0, 0.05) is 0 Å². The Labute approximate surface area is 139 Å². The molecule has 0 unspecified atom stereocenters. The lowest BCUT2D eigenvalue weighted by molar-refractivity contribution is -0.125. The fourth-order valence-corrected chi connectivity index (χ4v) is 4.11. The van der Waals surface area contributed by atoms with E-state index in [0.717, 1.165) is 10.6 Å². The smallest absolute Gasteiger partial charge is 0.416 e. The fraction of sp³-hybridized carbons (Fsp3) is 0.231. The minimum Gasteiger partial charge on any atom is -0.447 e. The lowest BCUT2D eigenvalue weighted by Crippen LogP contribution is -2.32. The normalized spacial score (nSPS) is 14.2. The number of cyclic esters (lactones) is 1. The molecule has 2 amide bonds. The van der Waals surface area contributed by atoms with E-state index in [4.69, 9.17) is 17.0 Å². The number of rotatable bonds is 4. The molecule has 22 heavy (non-hydrogen) atoms. The maximum atomic E-state index is 11.9. The highest BCUT2D eigenvalue weighted by molar-refractivity contribution is 8.01. The van der Waals surface area contributed by atoms with Crippen molar-refractivity contribution in [2.75, 3.05) is 18.9 Å². The molecule has 3 rings (SSSR count). The maximum Gasteiger partial charge on any atom is 0.416 e. The van der Waals surface area contributed by atoms with Gasteiger partial charge in [-0.05, 0) is 24.4 Å². The summed E-state index contributed by atoms with van der Waals surface area (Å²) >= 11 is 7.90. The number of nitrogens with zero attached hydrogens (tertiary/aromatic N) is 3. The first kappa shape index (κ1) is 15.2. The van der Waals surface area contributed by atoms with E-state index in [-0.39, 0.29) is 18.3 Å².